The first-order valence-electron chi connectivity index (χ1n) is 6.17. The maximum absolute atomic E-state index is 11.1. The number of carbonyl (C=O) groups excluding carboxylic acids is 2. The zero-order valence-electron chi connectivity index (χ0n) is 11.4. The molecule has 0 heterocycles. The van der Waals surface area contributed by atoms with Gasteiger partial charge in [0.1, 0.15) is 18.7 Å². The minimum atomic E-state index is -1.66. The summed E-state index contributed by atoms with van der Waals surface area (Å²) in [5, 5.41) is 37.8. The predicted octanol–water partition coefficient (Wildman–Crippen LogP) is -1.40. The Bertz CT molecular complexity index is 314. The molecule has 0 aromatic heterocycles. The molecule has 0 amide bonds. The Morgan fingerprint density at radius 2 is 1.70 bits per heavy atom. The topological polar surface area (TPSA) is 127 Å². The Kier molecular flexibility index (Phi) is 8.41. The van der Waals surface area contributed by atoms with Crippen LogP contribution >= 0.6 is 11.8 Å². The van der Waals surface area contributed by atoms with Crippen LogP contribution in [0.1, 0.15) is 20.3 Å². The van der Waals surface area contributed by atoms with Gasteiger partial charge in [-0.05, 0) is 32.0 Å². The monoisotopic (exact) mass is 311 g/mol. The van der Waals surface area contributed by atoms with Gasteiger partial charge in [0.05, 0.1) is 24.7 Å². The lowest BCUT2D eigenvalue weighted by Gasteiger charge is -2.32. The van der Waals surface area contributed by atoms with Crippen molar-refractivity contribution < 1.29 is 30.0 Å². The molecule has 0 rings (SSSR count). The van der Waals surface area contributed by atoms with Gasteiger partial charge in [0, 0.05) is 11.5 Å². The van der Waals surface area contributed by atoms with Gasteiger partial charge in [0.2, 0.25) is 0 Å². The number of halogens is 1. The summed E-state index contributed by atoms with van der Waals surface area (Å²) in [4.78, 5) is 24.5. The second kappa shape index (κ2) is 8.66. The summed E-state index contributed by atoms with van der Waals surface area (Å²) in [5.41, 5.74) is -0.678. The number of aldehydes is 2. The molecular formula is C12H22ClNO6. The number of hydrogen-bond acceptors (Lipinski definition) is 7. The first-order chi connectivity index (χ1) is 9.23. The SMILES string of the molecule is CC(C)(CC(C=O)C(O)C(C=O)C(O)C(O)CO)NCl. The number of carbonyl (C=O) groups is 2. The molecule has 0 aliphatic rings. The van der Waals surface area contributed by atoms with Gasteiger partial charge in [-0.2, -0.15) is 0 Å². The van der Waals surface area contributed by atoms with Crippen LogP contribution < -0.4 is 4.84 Å². The second-order valence-electron chi connectivity index (χ2n) is 5.43. The van der Waals surface area contributed by atoms with Crippen molar-refractivity contribution in [2.45, 2.75) is 44.1 Å². The highest BCUT2D eigenvalue weighted by Crippen LogP contribution is 2.24. The summed E-state index contributed by atoms with van der Waals surface area (Å²) < 4.78 is 0. The molecule has 20 heavy (non-hydrogen) atoms. The van der Waals surface area contributed by atoms with Crippen molar-refractivity contribution >= 4 is 24.3 Å². The number of nitrogens with one attached hydrogen (secondary N) is 1. The lowest BCUT2D eigenvalue weighted by Crippen LogP contribution is -2.47. The van der Waals surface area contributed by atoms with Crippen molar-refractivity contribution in [2.24, 2.45) is 11.8 Å². The molecule has 8 heteroatoms. The lowest BCUT2D eigenvalue weighted by atomic mass is 9.81. The van der Waals surface area contributed by atoms with Crippen LogP contribution in [0, 0.1) is 11.8 Å². The largest absolute Gasteiger partial charge is 0.394 e. The summed E-state index contributed by atoms with van der Waals surface area (Å²) in [6, 6.07) is 0. The first-order valence-corrected chi connectivity index (χ1v) is 6.55. The summed E-state index contributed by atoms with van der Waals surface area (Å²) in [6.45, 7) is 2.62. The zero-order chi connectivity index (χ0) is 15.9. The van der Waals surface area contributed by atoms with E-state index in [1.165, 1.54) is 0 Å². The quantitative estimate of drug-likeness (QED) is 0.248. The van der Waals surface area contributed by atoms with E-state index < -0.39 is 42.3 Å². The third-order valence-corrected chi connectivity index (χ3v) is 3.65. The summed E-state index contributed by atoms with van der Waals surface area (Å²) in [5.74, 6) is -2.36. The molecule has 7 nitrogen and oxygen atoms in total. The number of aliphatic hydroxyl groups excluding tert-OH is 4. The van der Waals surface area contributed by atoms with Gasteiger partial charge in [-0.1, -0.05) is 0 Å². The highest BCUT2D eigenvalue weighted by Gasteiger charge is 2.37. The van der Waals surface area contributed by atoms with E-state index in [4.69, 9.17) is 16.9 Å². The van der Waals surface area contributed by atoms with Crippen LogP contribution in [0.15, 0.2) is 0 Å². The van der Waals surface area contributed by atoms with Crippen LogP contribution in [0.2, 0.25) is 0 Å². The molecule has 0 bridgehead atoms. The molecule has 5 unspecified atom stereocenters. The molecule has 5 N–H and O–H groups in total. The second-order valence-corrected chi connectivity index (χ2v) is 5.62. The molecule has 0 saturated heterocycles. The van der Waals surface area contributed by atoms with Gasteiger partial charge in [-0.3, -0.25) is 0 Å². The number of rotatable bonds is 10. The van der Waals surface area contributed by atoms with E-state index in [9.17, 15) is 24.9 Å². The first kappa shape index (κ1) is 19.4. The number of aliphatic hydroxyl groups is 4. The Morgan fingerprint density at radius 3 is 2.05 bits per heavy atom. The normalized spacial score (nSPS) is 19.8. The fraction of sp³-hybridized carbons (Fsp3) is 0.833. The van der Waals surface area contributed by atoms with Gasteiger partial charge in [0.15, 0.2) is 0 Å². The van der Waals surface area contributed by atoms with Crippen molar-refractivity contribution in [2.75, 3.05) is 6.61 Å². The molecular weight excluding hydrogens is 290 g/mol. The molecule has 0 aromatic carbocycles. The summed E-state index contributed by atoms with van der Waals surface area (Å²) >= 11 is 5.51. The Hall–Kier alpha value is -0.570. The van der Waals surface area contributed by atoms with Crippen LogP contribution in [0.25, 0.3) is 0 Å². The molecule has 5 atom stereocenters. The van der Waals surface area contributed by atoms with Gasteiger partial charge >= 0.3 is 0 Å². The smallest absolute Gasteiger partial charge is 0.128 e. The Labute approximate surface area is 122 Å². The standard InChI is InChI=1S/C12H22ClNO6/c1-12(2,14-13)3-7(4-15)10(19)8(5-16)11(20)9(18)6-17/h4-5,7-11,14,17-20H,3,6H2,1-2H3. The molecule has 0 aliphatic heterocycles. The fourth-order valence-corrected chi connectivity index (χ4v) is 1.97. The average Bonchev–Trinajstić information content (AvgIpc) is 2.44. The summed E-state index contributed by atoms with van der Waals surface area (Å²) in [6.07, 6.45) is -3.90. The molecule has 0 spiro atoms. The van der Waals surface area contributed by atoms with Crippen molar-refractivity contribution in [1.29, 1.82) is 0 Å². The lowest BCUT2D eigenvalue weighted by molar-refractivity contribution is -0.134. The van der Waals surface area contributed by atoms with E-state index in [2.05, 4.69) is 4.84 Å². The van der Waals surface area contributed by atoms with Crippen molar-refractivity contribution in [1.82, 2.24) is 4.84 Å². The maximum atomic E-state index is 11.1. The number of hydrogen-bond donors (Lipinski definition) is 5. The third-order valence-electron chi connectivity index (χ3n) is 3.14. The highest BCUT2D eigenvalue weighted by molar-refractivity contribution is 6.13. The van der Waals surface area contributed by atoms with E-state index in [1.807, 2.05) is 0 Å². The van der Waals surface area contributed by atoms with Crippen molar-refractivity contribution in [3.8, 4) is 0 Å². The molecule has 118 valence electrons. The molecule has 0 aliphatic carbocycles. The zero-order valence-corrected chi connectivity index (χ0v) is 12.2. The third kappa shape index (κ3) is 5.43. The van der Waals surface area contributed by atoms with E-state index in [1.54, 1.807) is 13.8 Å². The van der Waals surface area contributed by atoms with Crippen LogP contribution in [-0.4, -0.2) is 63.5 Å². The molecule has 0 fully saturated rings. The fourth-order valence-electron chi connectivity index (χ4n) is 1.89. The van der Waals surface area contributed by atoms with Gasteiger partial charge in [-0.25, -0.2) is 4.84 Å². The van der Waals surface area contributed by atoms with Gasteiger partial charge in [0.25, 0.3) is 0 Å². The van der Waals surface area contributed by atoms with Crippen LogP contribution in [-0.2, 0) is 9.59 Å². The van der Waals surface area contributed by atoms with E-state index in [-0.39, 0.29) is 12.7 Å². The Morgan fingerprint density at radius 1 is 1.15 bits per heavy atom. The minimum absolute atomic E-state index is 0.118. The van der Waals surface area contributed by atoms with E-state index >= 15 is 0 Å². The van der Waals surface area contributed by atoms with E-state index in [0.717, 1.165) is 0 Å². The highest BCUT2D eigenvalue weighted by atomic mass is 35.5. The molecule has 0 radical (unpaired) electrons. The van der Waals surface area contributed by atoms with Crippen LogP contribution in [0.5, 0.6) is 0 Å². The Balaban J connectivity index is 4.99. The average molecular weight is 312 g/mol. The predicted molar refractivity (Wildman–Crippen MR) is 71.9 cm³/mol. The molecule has 0 aromatic rings. The van der Waals surface area contributed by atoms with Crippen molar-refractivity contribution in [3.63, 3.8) is 0 Å². The summed E-state index contributed by atoms with van der Waals surface area (Å²) in [7, 11) is 0. The van der Waals surface area contributed by atoms with Gasteiger partial charge < -0.3 is 30.0 Å². The molecule has 0 saturated carbocycles. The maximum Gasteiger partial charge on any atom is 0.128 e. The van der Waals surface area contributed by atoms with Crippen LogP contribution in [0.4, 0.5) is 0 Å². The van der Waals surface area contributed by atoms with Gasteiger partial charge in [-0.15, -0.1) is 0 Å². The minimum Gasteiger partial charge on any atom is -0.394 e. The van der Waals surface area contributed by atoms with Crippen molar-refractivity contribution in [3.05, 3.63) is 0 Å². The van der Waals surface area contributed by atoms with Crippen LogP contribution in [0.3, 0.4) is 0 Å². The van der Waals surface area contributed by atoms with E-state index in [0.29, 0.717) is 6.29 Å².